The quantitative estimate of drug-likeness (QED) is 0.841. The van der Waals surface area contributed by atoms with E-state index in [0.717, 1.165) is 0 Å². The Morgan fingerprint density at radius 3 is 2.60 bits per heavy atom. The Labute approximate surface area is 119 Å². The Bertz CT molecular complexity index is 475. The Kier molecular flexibility index (Phi) is 5.51. The van der Waals surface area contributed by atoms with Crippen molar-refractivity contribution >= 4 is 5.91 Å². The van der Waals surface area contributed by atoms with Gasteiger partial charge in [0.2, 0.25) is 5.91 Å². The number of benzene rings is 1. The molecular weight excluding hydrogens is 259 g/mol. The zero-order valence-corrected chi connectivity index (χ0v) is 12.7. The highest BCUT2D eigenvalue weighted by molar-refractivity contribution is 5.81. The average Bonchev–Trinajstić information content (AvgIpc) is 2.43. The number of methoxy groups -OCH3 is 1. The molecule has 0 heterocycles. The molecule has 0 aromatic heterocycles. The minimum absolute atomic E-state index is 0.0487. The number of hydrogen-bond acceptors (Lipinski definition) is 3. The molecule has 1 amide bonds. The van der Waals surface area contributed by atoms with E-state index in [4.69, 9.17) is 4.74 Å². The first-order valence-electron chi connectivity index (χ1n) is 6.61. The van der Waals surface area contributed by atoms with Crippen LogP contribution in [0.1, 0.15) is 32.4 Å². The summed E-state index contributed by atoms with van der Waals surface area (Å²) in [6.45, 7) is 6.01. The van der Waals surface area contributed by atoms with E-state index < -0.39 is 5.41 Å². The number of carbonyl (C=O) groups excluding carboxylic acids is 1. The lowest BCUT2D eigenvalue weighted by Gasteiger charge is -2.25. The van der Waals surface area contributed by atoms with Crippen molar-refractivity contribution in [1.29, 1.82) is 0 Å². The maximum absolute atomic E-state index is 13.9. The first-order chi connectivity index (χ1) is 9.31. The standard InChI is InChI=1S/C15H23FN2O2/c1-10(18-9-15(2,3)14(19)17-4)12-7-6-11(20-5)8-13(12)16/h6-8,10,18H,9H2,1-5H3,(H,17,19)/t10-/m0/s1. The molecule has 0 aliphatic carbocycles. The number of rotatable bonds is 6. The van der Waals surface area contributed by atoms with Gasteiger partial charge in [0.25, 0.3) is 0 Å². The van der Waals surface area contributed by atoms with Gasteiger partial charge < -0.3 is 15.4 Å². The third-order valence-electron chi connectivity index (χ3n) is 3.37. The third-order valence-corrected chi connectivity index (χ3v) is 3.37. The van der Waals surface area contributed by atoms with Crippen LogP contribution in [0.25, 0.3) is 0 Å². The van der Waals surface area contributed by atoms with Crippen LogP contribution in [0.4, 0.5) is 4.39 Å². The van der Waals surface area contributed by atoms with Gasteiger partial charge in [-0.25, -0.2) is 4.39 Å². The summed E-state index contributed by atoms with van der Waals surface area (Å²) >= 11 is 0. The van der Waals surface area contributed by atoms with E-state index in [1.807, 2.05) is 20.8 Å². The lowest BCUT2D eigenvalue weighted by Crippen LogP contribution is -2.42. The van der Waals surface area contributed by atoms with Gasteiger partial charge in [-0.2, -0.15) is 0 Å². The van der Waals surface area contributed by atoms with E-state index in [0.29, 0.717) is 17.9 Å². The van der Waals surface area contributed by atoms with Crippen molar-refractivity contribution < 1.29 is 13.9 Å². The summed E-state index contributed by atoms with van der Waals surface area (Å²) in [5, 5.41) is 5.82. The van der Waals surface area contributed by atoms with Gasteiger partial charge in [0, 0.05) is 31.3 Å². The molecule has 4 nitrogen and oxygen atoms in total. The number of ether oxygens (including phenoxy) is 1. The molecule has 0 spiro atoms. The van der Waals surface area contributed by atoms with Crippen LogP contribution >= 0.6 is 0 Å². The summed E-state index contributed by atoms with van der Waals surface area (Å²) < 4.78 is 18.9. The zero-order chi connectivity index (χ0) is 15.3. The summed E-state index contributed by atoms with van der Waals surface area (Å²) in [4.78, 5) is 11.7. The number of carbonyl (C=O) groups is 1. The molecule has 112 valence electrons. The van der Waals surface area contributed by atoms with E-state index in [1.165, 1.54) is 13.2 Å². The highest BCUT2D eigenvalue weighted by Crippen LogP contribution is 2.23. The molecule has 5 heteroatoms. The van der Waals surface area contributed by atoms with Gasteiger partial charge in [-0.15, -0.1) is 0 Å². The van der Waals surface area contributed by atoms with Gasteiger partial charge in [0.05, 0.1) is 12.5 Å². The van der Waals surface area contributed by atoms with Crippen LogP contribution in [-0.4, -0.2) is 26.6 Å². The Hall–Kier alpha value is -1.62. The predicted molar refractivity (Wildman–Crippen MR) is 77.2 cm³/mol. The number of halogens is 1. The number of amides is 1. The fraction of sp³-hybridized carbons (Fsp3) is 0.533. The molecule has 0 aliphatic rings. The second kappa shape index (κ2) is 6.70. The topological polar surface area (TPSA) is 50.4 Å². The van der Waals surface area contributed by atoms with Crippen molar-refractivity contribution in [1.82, 2.24) is 10.6 Å². The van der Waals surface area contributed by atoms with Crippen molar-refractivity contribution in [3.05, 3.63) is 29.6 Å². The minimum atomic E-state index is -0.550. The Balaban J connectivity index is 2.72. The smallest absolute Gasteiger partial charge is 0.226 e. The molecule has 0 bridgehead atoms. The monoisotopic (exact) mass is 282 g/mol. The van der Waals surface area contributed by atoms with Crippen molar-refractivity contribution in [2.45, 2.75) is 26.8 Å². The molecule has 1 atom stereocenters. The van der Waals surface area contributed by atoms with Gasteiger partial charge >= 0.3 is 0 Å². The summed E-state index contributed by atoms with van der Waals surface area (Å²) in [6.07, 6.45) is 0. The van der Waals surface area contributed by atoms with Gasteiger partial charge in [0.15, 0.2) is 0 Å². The van der Waals surface area contributed by atoms with Crippen LogP contribution in [0.15, 0.2) is 18.2 Å². The number of nitrogens with one attached hydrogen (secondary N) is 2. The fourth-order valence-corrected chi connectivity index (χ4v) is 1.92. The van der Waals surface area contributed by atoms with Crippen LogP contribution in [0.3, 0.4) is 0 Å². The summed E-state index contributed by atoms with van der Waals surface area (Å²) in [5.41, 5.74) is 0.00453. The van der Waals surface area contributed by atoms with Crippen LogP contribution in [0.2, 0.25) is 0 Å². The molecule has 1 rings (SSSR count). The van der Waals surface area contributed by atoms with E-state index in [9.17, 15) is 9.18 Å². The fourth-order valence-electron chi connectivity index (χ4n) is 1.92. The van der Waals surface area contributed by atoms with Crippen molar-refractivity contribution in [2.75, 3.05) is 20.7 Å². The summed E-state index contributed by atoms with van der Waals surface area (Å²) in [6, 6.07) is 4.58. The number of hydrogen-bond donors (Lipinski definition) is 2. The molecule has 0 radical (unpaired) electrons. The molecule has 0 aliphatic heterocycles. The molecule has 0 fully saturated rings. The normalized spacial score (nSPS) is 12.9. The molecular formula is C15H23FN2O2. The van der Waals surface area contributed by atoms with Gasteiger partial charge in [-0.1, -0.05) is 6.07 Å². The minimum Gasteiger partial charge on any atom is -0.497 e. The maximum Gasteiger partial charge on any atom is 0.226 e. The van der Waals surface area contributed by atoms with Gasteiger partial charge in [-0.3, -0.25) is 4.79 Å². The third kappa shape index (κ3) is 3.93. The second-order valence-electron chi connectivity index (χ2n) is 5.45. The molecule has 1 aromatic carbocycles. The summed E-state index contributed by atoms with van der Waals surface area (Å²) in [7, 11) is 3.11. The zero-order valence-electron chi connectivity index (χ0n) is 12.7. The van der Waals surface area contributed by atoms with Crippen LogP contribution in [-0.2, 0) is 4.79 Å². The van der Waals surface area contributed by atoms with Crippen LogP contribution < -0.4 is 15.4 Å². The van der Waals surface area contributed by atoms with E-state index >= 15 is 0 Å². The summed E-state index contributed by atoms with van der Waals surface area (Å²) in [5.74, 6) is 0.124. The first-order valence-corrected chi connectivity index (χ1v) is 6.61. The van der Waals surface area contributed by atoms with Crippen molar-refractivity contribution in [3.63, 3.8) is 0 Å². The van der Waals surface area contributed by atoms with Crippen molar-refractivity contribution in [3.8, 4) is 5.75 Å². The van der Waals surface area contributed by atoms with E-state index in [-0.39, 0.29) is 17.8 Å². The molecule has 0 saturated carbocycles. The van der Waals surface area contributed by atoms with E-state index in [1.54, 1.807) is 19.2 Å². The molecule has 20 heavy (non-hydrogen) atoms. The second-order valence-corrected chi connectivity index (χ2v) is 5.45. The lowest BCUT2D eigenvalue weighted by atomic mass is 9.91. The molecule has 0 saturated heterocycles. The Morgan fingerprint density at radius 1 is 1.45 bits per heavy atom. The maximum atomic E-state index is 13.9. The molecule has 2 N–H and O–H groups in total. The molecule has 1 aromatic rings. The highest BCUT2D eigenvalue weighted by atomic mass is 19.1. The largest absolute Gasteiger partial charge is 0.497 e. The lowest BCUT2D eigenvalue weighted by molar-refractivity contribution is -0.128. The first kappa shape index (κ1) is 16.4. The van der Waals surface area contributed by atoms with Gasteiger partial charge in [-0.05, 0) is 26.8 Å². The van der Waals surface area contributed by atoms with Crippen molar-refractivity contribution in [2.24, 2.45) is 5.41 Å². The van der Waals surface area contributed by atoms with Crippen LogP contribution in [0, 0.1) is 11.2 Å². The SMILES string of the molecule is CNC(=O)C(C)(C)CN[C@@H](C)c1ccc(OC)cc1F. The predicted octanol–water partition coefficient (Wildman–Crippen LogP) is 2.26. The highest BCUT2D eigenvalue weighted by Gasteiger charge is 2.27. The van der Waals surface area contributed by atoms with Crippen LogP contribution in [0.5, 0.6) is 5.75 Å². The molecule has 0 unspecified atom stereocenters. The average molecular weight is 282 g/mol. The Morgan fingerprint density at radius 2 is 2.10 bits per heavy atom. The van der Waals surface area contributed by atoms with E-state index in [2.05, 4.69) is 10.6 Å². The van der Waals surface area contributed by atoms with Gasteiger partial charge in [0.1, 0.15) is 11.6 Å².